The van der Waals surface area contributed by atoms with Crippen LogP contribution in [0.4, 0.5) is 4.39 Å². The normalized spacial score (nSPS) is 11.2. The number of para-hydroxylation sites is 1. The van der Waals surface area contributed by atoms with Gasteiger partial charge in [-0.15, -0.1) is 0 Å². The van der Waals surface area contributed by atoms with E-state index in [-0.39, 0.29) is 29.8 Å². The molecule has 2 nitrogen and oxygen atoms in total. The van der Waals surface area contributed by atoms with E-state index in [1.54, 1.807) is 12.1 Å². The van der Waals surface area contributed by atoms with Gasteiger partial charge in [-0.05, 0) is 24.3 Å². The minimum atomic E-state index is -0.248. The van der Waals surface area contributed by atoms with Gasteiger partial charge in [-0.3, -0.25) is 0 Å². The molecule has 0 amide bonds. The maximum absolute atomic E-state index is 13.5. The molecule has 0 aliphatic rings. The number of pyridine rings is 1. The molecule has 4 rings (SSSR count). The van der Waals surface area contributed by atoms with E-state index in [0.29, 0.717) is 5.02 Å². The van der Waals surface area contributed by atoms with Crippen LogP contribution in [0.1, 0.15) is 0 Å². The molecule has 2 aromatic carbocycles. The Labute approximate surface area is 142 Å². The second kappa shape index (κ2) is 5.10. The van der Waals surface area contributed by atoms with Crippen molar-refractivity contribution in [2.75, 3.05) is 0 Å². The number of aromatic amines is 1. The average molecular weight is 413 g/mol. The molecule has 0 bridgehead atoms. The Hall–Kier alpha value is -1.40. The number of aryl methyl sites for hydroxylation is 1. The number of halogens is 3. The Morgan fingerprint density at radius 1 is 1.10 bits per heavy atom. The minimum Gasteiger partial charge on any atom is -1.00 e. The molecule has 1 N–H and O–H groups in total. The average Bonchev–Trinajstić information content (AvgIpc) is 2.84. The lowest BCUT2D eigenvalue weighted by atomic mass is 10.1. The molecule has 0 fully saturated rings. The van der Waals surface area contributed by atoms with Crippen LogP contribution in [0.5, 0.6) is 0 Å². The van der Waals surface area contributed by atoms with Crippen LogP contribution in [0.15, 0.2) is 42.5 Å². The molecule has 0 aliphatic carbocycles. The van der Waals surface area contributed by atoms with E-state index < -0.39 is 0 Å². The Bertz CT molecular complexity index is 994. The van der Waals surface area contributed by atoms with Crippen molar-refractivity contribution in [2.45, 2.75) is 0 Å². The number of hydrogen-bond acceptors (Lipinski definition) is 0. The van der Waals surface area contributed by atoms with Gasteiger partial charge in [0.2, 0.25) is 11.0 Å². The molecule has 0 atom stereocenters. The molecule has 0 radical (unpaired) electrons. The van der Waals surface area contributed by atoms with Gasteiger partial charge >= 0.3 is 0 Å². The van der Waals surface area contributed by atoms with Crippen molar-refractivity contribution in [3.63, 3.8) is 0 Å². The summed E-state index contributed by atoms with van der Waals surface area (Å²) in [5.74, 6) is -0.248. The van der Waals surface area contributed by atoms with E-state index in [1.165, 1.54) is 6.07 Å². The quantitative estimate of drug-likeness (QED) is 0.330. The Balaban J connectivity index is 0.00000132. The van der Waals surface area contributed by atoms with E-state index in [1.807, 2.05) is 31.3 Å². The first-order valence-electron chi connectivity index (χ1n) is 6.34. The van der Waals surface area contributed by atoms with Crippen LogP contribution in [0.3, 0.4) is 0 Å². The molecule has 5 heteroatoms. The summed E-state index contributed by atoms with van der Waals surface area (Å²) in [5.41, 5.74) is 3.67. The number of H-pyrrole nitrogens is 1. The van der Waals surface area contributed by atoms with Crippen molar-refractivity contribution in [2.24, 2.45) is 7.05 Å². The summed E-state index contributed by atoms with van der Waals surface area (Å²) < 4.78 is 15.6. The van der Waals surface area contributed by atoms with Crippen LogP contribution in [0, 0.1) is 5.82 Å². The van der Waals surface area contributed by atoms with Crippen molar-refractivity contribution in [1.82, 2.24) is 4.98 Å². The molecule has 21 heavy (non-hydrogen) atoms. The maximum atomic E-state index is 13.5. The van der Waals surface area contributed by atoms with Crippen molar-refractivity contribution >= 4 is 44.4 Å². The van der Waals surface area contributed by atoms with Crippen LogP contribution >= 0.6 is 11.6 Å². The van der Waals surface area contributed by atoms with Gasteiger partial charge in [0.1, 0.15) is 18.4 Å². The van der Waals surface area contributed by atoms with Crippen LogP contribution in [-0.2, 0) is 7.05 Å². The minimum absolute atomic E-state index is 0. The number of aromatic nitrogens is 2. The number of nitrogens with zero attached hydrogens (tertiary/aromatic N) is 1. The van der Waals surface area contributed by atoms with Crippen molar-refractivity contribution in [1.29, 1.82) is 0 Å². The molecule has 106 valence electrons. The number of rotatable bonds is 0. The predicted octanol–water partition coefficient (Wildman–Crippen LogP) is 1.10. The highest BCUT2D eigenvalue weighted by atomic mass is 127. The summed E-state index contributed by atoms with van der Waals surface area (Å²) in [4.78, 5) is 3.29. The largest absolute Gasteiger partial charge is 1.00 e. The molecular formula is C16H11ClFIN2. The van der Waals surface area contributed by atoms with Gasteiger partial charge in [0, 0.05) is 6.07 Å². The molecule has 2 aromatic heterocycles. The fourth-order valence-corrected chi connectivity index (χ4v) is 3.16. The smallest absolute Gasteiger partial charge is 0.240 e. The van der Waals surface area contributed by atoms with E-state index in [9.17, 15) is 4.39 Å². The predicted molar refractivity (Wildman–Crippen MR) is 79.5 cm³/mol. The second-order valence-corrected chi connectivity index (χ2v) is 5.31. The standard InChI is InChI=1S/C16H10ClFN2.HI/c1-20-13-5-3-2-4-10(13)14(17)15-16(20)11-8-9(18)6-7-12(11)19-15;/h2-8H,1H3;1H. The van der Waals surface area contributed by atoms with Crippen molar-refractivity contribution in [3.8, 4) is 0 Å². The fourth-order valence-electron chi connectivity index (χ4n) is 2.86. The first-order valence-corrected chi connectivity index (χ1v) is 6.72. The topological polar surface area (TPSA) is 19.7 Å². The van der Waals surface area contributed by atoms with Gasteiger partial charge in [-0.25, -0.2) is 4.39 Å². The second-order valence-electron chi connectivity index (χ2n) is 4.93. The third kappa shape index (κ3) is 2.00. The summed E-state index contributed by atoms with van der Waals surface area (Å²) in [5, 5.41) is 2.50. The Kier molecular flexibility index (Phi) is 3.53. The number of fused-ring (bicyclic) bond motifs is 4. The first kappa shape index (κ1) is 14.5. The molecule has 4 aromatic rings. The number of nitrogens with one attached hydrogen (secondary N) is 1. The van der Waals surface area contributed by atoms with Gasteiger partial charge in [-0.1, -0.05) is 23.7 Å². The number of benzene rings is 2. The lowest BCUT2D eigenvalue weighted by molar-refractivity contribution is -0.616. The molecule has 0 saturated carbocycles. The van der Waals surface area contributed by atoms with Crippen LogP contribution in [0.25, 0.3) is 32.8 Å². The van der Waals surface area contributed by atoms with E-state index in [4.69, 9.17) is 11.6 Å². The van der Waals surface area contributed by atoms with Crippen molar-refractivity contribution < 1.29 is 32.9 Å². The van der Waals surface area contributed by atoms with Gasteiger partial charge in [-0.2, -0.15) is 4.57 Å². The summed E-state index contributed by atoms with van der Waals surface area (Å²) in [6.07, 6.45) is 0. The molecule has 0 spiro atoms. The van der Waals surface area contributed by atoms with Gasteiger partial charge in [0.25, 0.3) is 0 Å². The third-order valence-corrected chi connectivity index (χ3v) is 4.18. The SMILES string of the molecule is C[n+]1c2ccccc2c(Cl)c2[nH]c3ccc(F)cc3c21.[I-]. The lowest BCUT2D eigenvalue weighted by Gasteiger charge is -2.01. The molecule has 0 saturated heterocycles. The lowest BCUT2D eigenvalue weighted by Crippen LogP contribution is -3.00. The zero-order valence-corrected chi connectivity index (χ0v) is 14.0. The monoisotopic (exact) mass is 412 g/mol. The molecular weight excluding hydrogens is 402 g/mol. The molecule has 0 unspecified atom stereocenters. The Morgan fingerprint density at radius 2 is 1.86 bits per heavy atom. The highest BCUT2D eigenvalue weighted by molar-refractivity contribution is 6.40. The molecule has 2 heterocycles. The van der Waals surface area contributed by atoms with E-state index in [0.717, 1.165) is 32.8 Å². The van der Waals surface area contributed by atoms with Gasteiger partial charge in [0.05, 0.1) is 21.3 Å². The first-order chi connectivity index (χ1) is 9.66. The highest BCUT2D eigenvalue weighted by Gasteiger charge is 2.21. The summed E-state index contributed by atoms with van der Waals surface area (Å²) in [6.45, 7) is 0. The third-order valence-electron chi connectivity index (χ3n) is 3.79. The number of hydrogen-bond donors (Lipinski definition) is 1. The van der Waals surface area contributed by atoms with Gasteiger partial charge < -0.3 is 29.0 Å². The zero-order valence-electron chi connectivity index (χ0n) is 11.1. The molecule has 0 aliphatic heterocycles. The highest BCUT2D eigenvalue weighted by Crippen LogP contribution is 2.32. The maximum Gasteiger partial charge on any atom is 0.240 e. The van der Waals surface area contributed by atoms with Crippen LogP contribution < -0.4 is 28.5 Å². The van der Waals surface area contributed by atoms with Crippen LogP contribution in [0.2, 0.25) is 5.02 Å². The zero-order chi connectivity index (χ0) is 13.9. The van der Waals surface area contributed by atoms with Crippen molar-refractivity contribution in [3.05, 3.63) is 53.3 Å². The van der Waals surface area contributed by atoms with Gasteiger partial charge in [0.15, 0.2) is 0 Å². The van der Waals surface area contributed by atoms with E-state index in [2.05, 4.69) is 9.55 Å². The summed E-state index contributed by atoms with van der Waals surface area (Å²) in [7, 11) is 1.97. The van der Waals surface area contributed by atoms with Crippen LogP contribution in [-0.4, -0.2) is 4.98 Å². The summed E-state index contributed by atoms with van der Waals surface area (Å²) in [6, 6.07) is 12.7. The Morgan fingerprint density at radius 3 is 2.67 bits per heavy atom. The fraction of sp³-hybridized carbons (Fsp3) is 0.0625. The van der Waals surface area contributed by atoms with E-state index >= 15 is 0 Å². The summed E-state index contributed by atoms with van der Waals surface area (Å²) >= 11 is 6.52.